The Bertz CT molecular complexity index is 816. The van der Waals surface area contributed by atoms with Gasteiger partial charge in [0.15, 0.2) is 5.17 Å². The van der Waals surface area contributed by atoms with Crippen molar-refractivity contribution in [3.05, 3.63) is 63.5 Å². The lowest BCUT2D eigenvalue weighted by molar-refractivity contribution is -0.115. The zero-order valence-electron chi connectivity index (χ0n) is 13.0. The van der Waals surface area contributed by atoms with Gasteiger partial charge in [-0.2, -0.15) is 0 Å². The number of aliphatic imine (C=N–C) groups is 1. The minimum absolute atomic E-state index is 0.138. The number of carbonyl (C=O) groups excluding carboxylic acids is 1. The summed E-state index contributed by atoms with van der Waals surface area (Å²) in [5, 5.41) is 3.36. The van der Waals surface area contributed by atoms with Crippen LogP contribution in [-0.4, -0.2) is 17.7 Å². The van der Waals surface area contributed by atoms with Gasteiger partial charge >= 0.3 is 0 Å². The van der Waals surface area contributed by atoms with Crippen molar-refractivity contribution in [1.29, 1.82) is 0 Å². The molecule has 6 heteroatoms. The molecule has 1 aliphatic heterocycles. The molecule has 24 heavy (non-hydrogen) atoms. The van der Waals surface area contributed by atoms with E-state index in [2.05, 4.69) is 26.2 Å². The van der Waals surface area contributed by atoms with Crippen LogP contribution in [0.2, 0.25) is 0 Å². The number of nitrogens with zero attached hydrogens (tertiary/aromatic N) is 1. The molecule has 1 saturated heterocycles. The highest BCUT2D eigenvalue weighted by molar-refractivity contribution is 9.10. The van der Waals surface area contributed by atoms with E-state index in [0.29, 0.717) is 16.7 Å². The Labute approximate surface area is 153 Å². The molecule has 3 rings (SSSR count). The number of ether oxygens (including phenoxy) is 1. The fraction of sp³-hybridized carbons (Fsp3) is 0.111. The van der Waals surface area contributed by atoms with Gasteiger partial charge in [0.05, 0.1) is 17.2 Å². The van der Waals surface area contributed by atoms with Crippen LogP contribution in [0.5, 0.6) is 5.75 Å². The number of halogens is 1. The van der Waals surface area contributed by atoms with E-state index in [0.717, 1.165) is 21.5 Å². The standard InChI is InChI=1S/C18H15BrN2O2S/c1-2-23-14-9-7-13(8-10-14)20-18-21-17(22)16(24-18)11-12-5-3-4-6-15(12)19/h3-11H,2H2,1H3,(H,20,21,22)/b16-11+. The number of nitrogens with one attached hydrogen (secondary N) is 1. The van der Waals surface area contributed by atoms with Gasteiger partial charge in [0.2, 0.25) is 0 Å². The first-order valence-electron chi connectivity index (χ1n) is 7.42. The Kier molecular flexibility index (Phi) is 5.37. The number of carbonyl (C=O) groups is 1. The summed E-state index contributed by atoms with van der Waals surface area (Å²) in [7, 11) is 0. The molecular formula is C18H15BrN2O2S. The number of rotatable bonds is 4. The van der Waals surface area contributed by atoms with E-state index < -0.39 is 0 Å². The lowest BCUT2D eigenvalue weighted by Gasteiger charge is -2.02. The lowest BCUT2D eigenvalue weighted by Crippen LogP contribution is -2.19. The summed E-state index contributed by atoms with van der Waals surface area (Å²) >= 11 is 4.81. The number of amidine groups is 1. The van der Waals surface area contributed by atoms with Crippen LogP contribution in [0.15, 0.2) is 62.9 Å². The number of hydrogen-bond acceptors (Lipinski definition) is 4. The molecule has 0 spiro atoms. The molecule has 2 aromatic carbocycles. The molecule has 1 amide bonds. The first-order valence-corrected chi connectivity index (χ1v) is 9.03. The van der Waals surface area contributed by atoms with Crippen molar-refractivity contribution in [3.63, 3.8) is 0 Å². The van der Waals surface area contributed by atoms with Crippen molar-refractivity contribution in [2.24, 2.45) is 4.99 Å². The minimum Gasteiger partial charge on any atom is -0.494 e. The van der Waals surface area contributed by atoms with Crippen molar-refractivity contribution >= 4 is 50.5 Å². The van der Waals surface area contributed by atoms with Gasteiger partial charge in [-0.05, 0) is 60.7 Å². The summed E-state index contributed by atoms with van der Waals surface area (Å²) < 4.78 is 6.35. The summed E-state index contributed by atoms with van der Waals surface area (Å²) in [6.45, 7) is 2.57. The highest BCUT2D eigenvalue weighted by atomic mass is 79.9. The number of thioether (sulfide) groups is 1. The Balaban J connectivity index is 1.78. The van der Waals surface area contributed by atoms with Gasteiger partial charge in [-0.15, -0.1) is 0 Å². The lowest BCUT2D eigenvalue weighted by atomic mass is 10.2. The van der Waals surface area contributed by atoms with E-state index in [-0.39, 0.29) is 5.91 Å². The average Bonchev–Trinajstić information content (AvgIpc) is 2.91. The van der Waals surface area contributed by atoms with E-state index in [4.69, 9.17) is 4.74 Å². The van der Waals surface area contributed by atoms with Gasteiger partial charge in [-0.3, -0.25) is 4.79 Å². The maximum absolute atomic E-state index is 12.1. The SMILES string of the molecule is CCOc1ccc(N=C2NC(=O)/C(=C\c3ccccc3Br)S2)cc1. The van der Waals surface area contributed by atoms with Crippen molar-refractivity contribution in [3.8, 4) is 5.75 Å². The number of benzene rings is 2. The molecule has 4 nitrogen and oxygen atoms in total. The molecule has 1 aliphatic rings. The highest BCUT2D eigenvalue weighted by Gasteiger charge is 2.24. The number of hydrogen-bond donors (Lipinski definition) is 1. The van der Waals surface area contributed by atoms with Crippen LogP contribution in [0, 0.1) is 0 Å². The fourth-order valence-corrected chi connectivity index (χ4v) is 3.35. The topological polar surface area (TPSA) is 50.7 Å². The predicted molar refractivity (Wildman–Crippen MR) is 103 cm³/mol. The molecule has 0 unspecified atom stereocenters. The third kappa shape index (κ3) is 4.07. The summed E-state index contributed by atoms with van der Waals surface area (Å²) in [5.41, 5.74) is 1.72. The Morgan fingerprint density at radius 3 is 2.67 bits per heavy atom. The first-order chi connectivity index (χ1) is 11.7. The van der Waals surface area contributed by atoms with E-state index in [1.807, 2.05) is 61.5 Å². The Hall–Kier alpha value is -2.05. The van der Waals surface area contributed by atoms with E-state index in [1.54, 1.807) is 0 Å². The van der Waals surface area contributed by atoms with Gasteiger partial charge in [-0.1, -0.05) is 34.1 Å². The van der Waals surface area contributed by atoms with E-state index in [9.17, 15) is 4.79 Å². The average molecular weight is 403 g/mol. The van der Waals surface area contributed by atoms with Crippen molar-refractivity contribution in [2.75, 3.05) is 6.61 Å². The molecule has 0 aromatic heterocycles. The summed E-state index contributed by atoms with van der Waals surface area (Å²) in [6, 6.07) is 15.2. The largest absolute Gasteiger partial charge is 0.494 e. The Morgan fingerprint density at radius 2 is 1.96 bits per heavy atom. The van der Waals surface area contributed by atoms with Crippen LogP contribution in [0.3, 0.4) is 0 Å². The molecular weight excluding hydrogens is 388 g/mol. The monoisotopic (exact) mass is 402 g/mol. The summed E-state index contributed by atoms with van der Waals surface area (Å²) in [5.74, 6) is 0.666. The molecule has 1 N–H and O–H groups in total. The van der Waals surface area contributed by atoms with Gasteiger partial charge in [0, 0.05) is 4.47 Å². The molecule has 1 heterocycles. The molecule has 0 bridgehead atoms. The predicted octanol–water partition coefficient (Wildman–Crippen LogP) is 4.74. The molecule has 0 atom stereocenters. The van der Waals surface area contributed by atoms with Gasteiger partial charge in [-0.25, -0.2) is 4.99 Å². The maximum Gasteiger partial charge on any atom is 0.264 e. The van der Waals surface area contributed by atoms with Gasteiger partial charge in [0.25, 0.3) is 5.91 Å². The quantitative estimate of drug-likeness (QED) is 0.751. The summed E-state index contributed by atoms with van der Waals surface area (Å²) in [4.78, 5) is 17.2. The van der Waals surface area contributed by atoms with E-state index in [1.165, 1.54) is 11.8 Å². The van der Waals surface area contributed by atoms with Gasteiger partial charge < -0.3 is 10.1 Å². The summed E-state index contributed by atoms with van der Waals surface area (Å²) in [6.07, 6.45) is 1.85. The van der Waals surface area contributed by atoms with Gasteiger partial charge in [0.1, 0.15) is 5.75 Å². The zero-order valence-corrected chi connectivity index (χ0v) is 15.4. The highest BCUT2D eigenvalue weighted by Crippen LogP contribution is 2.30. The van der Waals surface area contributed by atoms with Crippen LogP contribution in [0.4, 0.5) is 5.69 Å². The number of amides is 1. The van der Waals surface area contributed by atoms with Crippen LogP contribution >= 0.6 is 27.7 Å². The minimum atomic E-state index is -0.138. The molecule has 0 saturated carbocycles. The second-order valence-electron chi connectivity index (χ2n) is 4.93. The third-order valence-corrected chi connectivity index (χ3v) is 4.85. The third-order valence-electron chi connectivity index (χ3n) is 3.22. The first kappa shape index (κ1) is 16.8. The molecule has 0 aliphatic carbocycles. The second kappa shape index (κ2) is 7.68. The van der Waals surface area contributed by atoms with Crippen molar-refractivity contribution in [1.82, 2.24) is 5.32 Å². The Morgan fingerprint density at radius 1 is 1.21 bits per heavy atom. The molecule has 2 aromatic rings. The zero-order chi connectivity index (χ0) is 16.9. The van der Waals surface area contributed by atoms with Crippen LogP contribution in [-0.2, 0) is 4.79 Å². The van der Waals surface area contributed by atoms with E-state index >= 15 is 0 Å². The molecule has 122 valence electrons. The maximum atomic E-state index is 12.1. The smallest absolute Gasteiger partial charge is 0.264 e. The normalized spacial score (nSPS) is 17.3. The fourth-order valence-electron chi connectivity index (χ4n) is 2.11. The second-order valence-corrected chi connectivity index (χ2v) is 6.82. The van der Waals surface area contributed by atoms with Crippen LogP contribution in [0.25, 0.3) is 6.08 Å². The van der Waals surface area contributed by atoms with Crippen molar-refractivity contribution in [2.45, 2.75) is 6.92 Å². The van der Waals surface area contributed by atoms with Crippen molar-refractivity contribution < 1.29 is 9.53 Å². The molecule has 0 radical (unpaired) electrons. The molecule has 1 fully saturated rings. The van der Waals surface area contributed by atoms with Crippen LogP contribution in [0.1, 0.15) is 12.5 Å². The van der Waals surface area contributed by atoms with Crippen LogP contribution < -0.4 is 10.1 Å².